The lowest BCUT2D eigenvalue weighted by Crippen LogP contribution is -2.46. The van der Waals surface area contributed by atoms with Crippen LogP contribution in [-0.2, 0) is 26.2 Å². The largest absolute Gasteiger partial charge is 0.357 e. The number of nitrogens with zero attached hydrogens (tertiary/aromatic N) is 2. The summed E-state index contributed by atoms with van der Waals surface area (Å²) in [5, 5.41) is 3.01. The van der Waals surface area contributed by atoms with Gasteiger partial charge >= 0.3 is 0 Å². The highest BCUT2D eigenvalue weighted by molar-refractivity contribution is 7.92. The van der Waals surface area contributed by atoms with Gasteiger partial charge < -0.3 is 10.2 Å². The summed E-state index contributed by atoms with van der Waals surface area (Å²) in [5.41, 5.74) is 1.13. The molecule has 0 aromatic heterocycles. The SMILES string of the molecule is CNC(=O)C(C)N(Cc1ccc(F)cc1)C(=O)CCCN(c1ccc(Cl)cc1)S(C)(=O)=O. The minimum Gasteiger partial charge on any atom is -0.357 e. The Hall–Kier alpha value is -2.65. The summed E-state index contributed by atoms with van der Waals surface area (Å²) in [6.45, 7) is 1.82. The number of sulfonamides is 1. The quantitative estimate of drug-likeness (QED) is 0.562. The molecule has 0 aliphatic rings. The number of hydrogen-bond donors (Lipinski definition) is 1. The van der Waals surface area contributed by atoms with E-state index in [4.69, 9.17) is 11.6 Å². The van der Waals surface area contributed by atoms with Crippen molar-refractivity contribution < 1.29 is 22.4 Å². The van der Waals surface area contributed by atoms with Crippen LogP contribution < -0.4 is 9.62 Å². The molecule has 0 fully saturated rings. The fourth-order valence-electron chi connectivity index (χ4n) is 3.19. The van der Waals surface area contributed by atoms with Gasteiger partial charge in [-0.25, -0.2) is 12.8 Å². The van der Waals surface area contributed by atoms with Crippen molar-refractivity contribution in [1.82, 2.24) is 10.2 Å². The molecule has 174 valence electrons. The second-order valence-corrected chi connectivity index (χ2v) is 9.70. The Morgan fingerprint density at radius 2 is 1.69 bits per heavy atom. The summed E-state index contributed by atoms with van der Waals surface area (Å²) in [5.74, 6) is -1.04. The van der Waals surface area contributed by atoms with Crippen LogP contribution in [0.15, 0.2) is 48.5 Å². The van der Waals surface area contributed by atoms with Gasteiger partial charge in [0.25, 0.3) is 0 Å². The van der Waals surface area contributed by atoms with Crippen molar-refractivity contribution in [3.63, 3.8) is 0 Å². The van der Waals surface area contributed by atoms with Crippen LogP contribution in [0, 0.1) is 5.82 Å². The lowest BCUT2D eigenvalue weighted by molar-refractivity contribution is -0.140. The Morgan fingerprint density at radius 3 is 2.22 bits per heavy atom. The fourth-order valence-corrected chi connectivity index (χ4v) is 4.28. The van der Waals surface area contributed by atoms with Crippen LogP contribution in [0.25, 0.3) is 0 Å². The number of likely N-dealkylation sites (N-methyl/N-ethyl adjacent to an activating group) is 1. The Kier molecular flexibility index (Phi) is 9.03. The van der Waals surface area contributed by atoms with Gasteiger partial charge in [0, 0.05) is 31.6 Å². The maximum atomic E-state index is 13.2. The van der Waals surface area contributed by atoms with E-state index in [1.54, 1.807) is 43.3 Å². The van der Waals surface area contributed by atoms with Crippen molar-refractivity contribution in [2.24, 2.45) is 0 Å². The van der Waals surface area contributed by atoms with E-state index in [2.05, 4.69) is 5.32 Å². The number of carbonyl (C=O) groups is 2. The van der Waals surface area contributed by atoms with Gasteiger partial charge in [-0.05, 0) is 55.3 Å². The van der Waals surface area contributed by atoms with Gasteiger partial charge in [-0.2, -0.15) is 0 Å². The summed E-state index contributed by atoms with van der Waals surface area (Å²) in [6, 6.07) is 11.3. The van der Waals surface area contributed by atoms with Crippen molar-refractivity contribution in [3.8, 4) is 0 Å². The predicted octanol–water partition coefficient (Wildman–Crippen LogP) is 3.19. The number of amides is 2. The molecule has 1 unspecified atom stereocenters. The highest BCUT2D eigenvalue weighted by atomic mass is 35.5. The topological polar surface area (TPSA) is 86.8 Å². The van der Waals surface area contributed by atoms with E-state index >= 15 is 0 Å². The van der Waals surface area contributed by atoms with Crippen molar-refractivity contribution in [2.75, 3.05) is 24.2 Å². The third-order valence-corrected chi connectivity index (χ3v) is 6.39. The minimum absolute atomic E-state index is 0.0299. The van der Waals surface area contributed by atoms with Crippen LogP contribution in [0.1, 0.15) is 25.3 Å². The Morgan fingerprint density at radius 1 is 1.09 bits per heavy atom. The first kappa shape index (κ1) is 25.6. The van der Waals surface area contributed by atoms with Crippen LogP contribution in [0.3, 0.4) is 0 Å². The lowest BCUT2D eigenvalue weighted by Gasteiger charge is -2.29. The maximum Gasteiger partial charge on any atom is 0.242 e. The molecule has 1 N–H and O–H groups in total. The van der Waals surface area contributed by atoms with E-state index < -0.39 is 21.9 Å². The molecular weight excluding hydrogens is 457 g/mol. The molecule has 0 saturated carbocycles. The van der Waals surface area contributed by atoms with E-state index in [-0.39, 0.29) is 37.7 Å². The first-order chi connectivity index (χ1) is 15.0. The van der Waals surface area contributed by atoms with Gasteiger partial charge in [-0.3, -0.25) is 13.9 Å². The number of rotatable bonds is 10. The second kappa shape index (κ2) is 11.3. The molecule has 0 radical (unpaired) electrons. The molecule has 0 aliphatic carbocycles. The zero-order valence-corrected chi connectivity index (χ0v) is 19.8. The minimum atomic E-state index is -3.57. The summed E-state index contributed by atoms with van der Waals surface area (Å²) in [7, 11) is -2.09. The van der Waals surface area contributed by atoms with Gasteiger partial charge in [-0.15, -0.1) is 0 Å². The zero-order valence-electron chi connectivity index (χ0n) is 18.2. The Bertz CT molecular complexity index is 1030. The van der Waals surface area contributed by atoms with Crippen molar-refractivity contribution in [2.45, 2.75) is 32.4 Å². The van der Waals surface area contributed by atoms with Crippen LogP contribution >= 0.6 is 11.6 Å². The number of anilines is 1. The third kappa shape index (κ3) is 7.20. The number of benzene rings is 2. The van der Waals surface area contributed by atoms with Crippen LogP contribution in [0.4, 0.5) is 10.1 Å². The van der Waals surface area contributed by atoms with Gasteiger partial charge in [0.05, 0.1) is 11.9 Å². The number of hydrogen-bond acceptors (Lipinski definition) is 4. The average Bonchev–Trinajstić information content (AvgIpc) is 2.75. The van der Waals surface area contributed by atoms with Crippen LogP contribution in [0.5, 0.6) is 0 Å². The zero-order chi connectivity index (χ0) is 23.9. The van der Waals surface area contributed by atoms with E-state index in [9.17, 15) is 22.4 Å². The van der Waals surface area contributed by atoms with Crippen LogP contribution in [-0.4, -0.2) is 51.0 Å². The summed E-state index contributed by atoms with van der Waals surface area (Å²) in [4.78, 5) is 26.5. The molecule has 0 saturated heterocycles. The molecule has 2 aromatic rings. The lowest BCUT2D eigenvalue weighted by atomic mass is 10.1. The molecule has 0 spiro atoms. The van der Waals surface area contributed by atoms with E-state index in [1.807, 2.05) is 0 Å². The highest BCUT2D eigenvalue weighted by Crippen LogP contribution is 2.21. The molecule has 2 amide bonds. The van der Waals surface area contributed by atoms with Gasteiger partial charge in [-0.1, -0.05) is 23.7 Å². The molecule has 0 aliphatic heterocycles. The smallest absolute Gasteiger partial charge is 0.242 e. The Labute approximate surface area is 193 Å². The predicted molar refractivity (Wildman–Crippen MR) is 123 cm³/mol. The van der Waals surface area contributed by atoms with E-state index in [0.29, 0.717) is 16.3 Å². The van der Waals surface area contributed by atoms with Crippen molar-refractivity contribution in [3.05, 3.63) is 64.9 Å². The number of nitrogens with one attached hydrogen (secondary N) is 1. The molecule has 7 nitrogen and oxygen atoms in total. The molecule has 0 bridgehead atoms. The van der Waals surface area contributed by atoms with Gasteiger partial charge in [0.1, 0.15) is 11.9 Å². The first-order valence-corrected chi connectivity index (χ1v) is 12.2. The van der Waals surface area contributed by atoms with Crippen LogP contribution in [0.2, 0.25) is 5.02 Å². The molecule has 2 rings (SSSR count). The van der Waals surface area contributed by atoms with Crippen molar-refractivity contribution >= 4 is 39.1 Å². The second-order valence-electron chi connectivity index (χ2n) is 7.35. The molecule has 2 aromatic carbocycles. The summed E-state index contributed by atoms with van der Waals surface area (Å²) >= 11 is 5.88. The van der Waals surface area contributed by atoms with E-state index in [0.717, 1.165) is 6.26 Å². The molecule has 10 heteroatoms. The average molecular weight is 484 g/mol. The molecule has 1 atom stereocenters. The van der Waals surface area contributed by atoms with Gasteiger partial charge in [0.2, 0.25) is 21.8 Å². The molecular formula is C22H27ClFN3O4S. The maximum absolute atomic E-state index is 13.2. The normalized spacial score (nSPS) is 12.2. The Balaban J connectivity index is 2.12. The summed E-state index contributed by atoms with van der Waals surface area (Å²) < 4.78 is 38.9. The molecule has 0 heterocycles. The highest BCUT2D eigenvalue weighted by Gasteiger charge is 2.26. The van der Waals surface area contributed by atoms with Gasteiger partial charge in [0.15, 0.2) is 0 Å². The van der Waals surface area contributed by atoms with E-state index in [1.165, 1.54) is 28.4 Å². The summed E-state index contributed by atoms with van der Waals surface area (Å²) in [6.07, 6.45) is 1.37. The third-order valence-electron chi connectivity index (χ3n) is 4.95. The number of carbonyl (C=O) groups excluding carboxylic acids is 2. The first-order valence-electron chi connectivity index (χ1n) is 10.0. The van der Waals surface area contributed by atoms with Crippen molar-refractivity contribution in [1.29, 1.82) is 0 Å². The molecule has 32 heavy (non-hydrogen) atoms. The monoisotopic (exact) mass is 483 g/mol. The fraction of sp³-hybridized carbons (Fsp3) is 0.364. The number of halogens is 2. The standard InChI is InChI=1S/C22H27ClFN3O4S/c1-16(22(29)25-2)26(15-17-6-10-19(24)11-7-17)21(28)5-4-14-27(32(3,30)31)20-12-8-18(23)9-13-20/h6-13,16H,4-5,14-15H2,1-3H3,(H,25,29).